The number of Topliss-reactive ketones (excluding diaryl/α,β-unsaturated/α-hetero) is 1. The SMILES string of the molecule is Cn1nccc1C(=O)Cc1ccc(C#Cc2ccccc2)cc1. The minimum Gasteiger partial charge on any atom is -0.292 e. The number of hydrogen-bond donors (Lipinski definition) is 0. The molecule has 0 atom stereocenters. The Morgan fingerprint density at radius 2 is 1.61 bits per heavy atom. The van der Waals surface area contributed by atoms with E-state index in [2.05, 4.69) is 16.9 Å². The second-order valence-electron chi connectivity index (χ2n) is 5.25. The van der Waals surface area contributed by atoms with Crippen LogP contribution in [0.1, 0.15) is 27.2 Å². The number of aromatic nitrogens is 2. The van der Waals surface area contributed by atoms with Crippen molar-refractivity contribution in [3.8, 4) is 11.8 Å². The lowest BCUT2D eigenvalue weighted by Crippen LogP contribution is -2.09. The molecule has 0 fully saturated rings. The van der Waals surface area contributed by atoms with E-state index in [1.807, 2.05) is 54.6 Å². The molecule has 0 unspecified atom stereocenters. The third-order valence-corrected chi connectivity index (χ3v) is 3.55. The molecular weight excluding hydrogens is 284 g/mol. The van der Waals surface area contributed by atoms with Crippen LogP contribution in [0.3, 0.4) is 0 Å². The predicted molar refractivity (Wildman–Crippen MR) is 90.1 cm³/mol. The van der Waals surface area contributed by atoms with Gasteiger partial charge in [0.2, 0.25) is 0 Å². The summed E-state index contributed by atoms with van der Waals surface area (Å²) in [5, 5.41) is 4.02. The molecule has 0 aliphatic rings. The average molecular weight is 300 g/mol. The highest BCUT2D eigenvalue weighted by Gasteiger charge is 2.10. The summed E-state index contributed by atoms with van der Waals surface area (Å²) in [4.78, 5) is 12.2. The molecule has 112 valence electrons. The lowest BCUT2D eigenvalue weighted by Gasteiger charge is -2.02. The van der Waals surface area contributed by atoms with Crippen LogP contribution in [-0.4, -0.2) is 15.6 Å². The van der Waals surface area contributed by atoms with Crippen LogP contribution in [0.15, 0.2) is 66.9 Å². The maximum absolute atomic E-state index is 12.2. The van der Waals surface area contributed by atoms with E-state index >= 15 is 0 Å². The summed E-state index contributed by atoms with van der Waals surface area (Å²) < 4.78 is 1.60. The van der Waals surface area contributed by atoms with Gasteiger partial charge in [-0.25, -0.2) is 0 Å². The number of hydrogen-bond acceptors (Lipinski definition) is 2. The van der Waals surface area contributed by atoms with Crippen LogP contribution in [0.5, 0.6) is 0 Å². The second-order valence-corrected chi connectivity index (χ2v) is 5.25. The molecule has 0 saturated heterocycles. The number of ketones is 1. The van der Waals surface area contributed by atoms with Crippen molar-refractivity contribution in [2.45, 2.75) is 6.42 Å². The molecule has 3 nitrogen and oxygen atoms in total. The Labute approximate surface area is 135 Å². The molecule has 3 rings (SSSR count). The first-order valence-electron chi connectivity index (χ1n) is 7.39. The van der Waals surface area contributed by atoms with E-state index in [0.29, 0.717) is 12.1 Å². The second kappa shape index (κ2) is 6.76. The van der Waals surface area contributed by atoms with Gasteiger partial charge in [0.25, 0.3) is 0 Å². The molecular formula is C20H16N2O. The van der Waals surface area contributed by atoms with Crippen molar-refractivity contribution in [1.82, 2.24) is 9.78 Å². The summed E-state index contributed by atoms with van der Waals surface area (Å²) in [6.45, 7) is 0. The maximum atomic E-state index is 12.2. The van der Waals surface area contributed by atoms with Gasteiger partial charge in [-0.15, -0.1) is 0 Å². The summed E-state index contributed by atoms with van der Waals surface area (Å²) in [5.74, 6) is 6.31. The van der Waals surface area contributed by atoms with E-state index in [4.69, 9.17) is 0 Å². The maximum Gasteiger partial charge on any atom is 0.185 e. The van der Waals surface area contributed by atoms with E-state index in [9.17, 15) is 4.79 Å². The van der Waals surface area contributed by atoms with Gasteiger partial charge >= 0.3 is 0 Å². The Morgan fingerprint density at radius 1 is 0.957 bits per heavy atom. The predicted octanol–water partition coefficient (Wildman–Crippen LogP) is 3.25. The van der Waals surface area contributed by atoms with E-state index in [1.54, 1.807) is 24.0 Å². The smallest absolute Gasteiger partial charge is 0.185 e. The van der Waals surface area contributed by atoms with Crippen LogP contribution < -0.4 is 0 Å². The van der Waals surface area contributed by atoms with Crippen LogP contribution in [0.2, 0.25) is 0 Å². The molecule has 0 aliphatic carbocycles. The van der Waals surface area contributed by atoms with Crippen molar-refractivity contribution in [2.75, 3.05) is 0 Å². The van der Waals surface area contributed by atoms with Crippen LogP contribution in [-0.2, 0) is 13.5 Å². The lowest BCUT2D eigenvalue weighted by atomic mass is 10.0. The quantitative estimate of drug-likeness (QED) is 0.550. The summed E-state index contributed by atoms with van der Waals surface area (Å²) >= 11 is 0. The first kappa shape index (κ1) is 14.8. The van der Waals surface area contributed by atoms with Gasteiger partial charge in [-0.3, -0.25) is 9.48 Å². The van der Waals surface area contributed by atoms with Crippen LogP contribution in [0, 0.1) is 11.8 Å². The molecule has 0 saturated carbocycles. The molecule has 0 radical (unpaired) electrons. The van der Waals surface area contributed by atoms with Gasteiger partial charge in [0, 0.05) is 30.8 Å². The Bertz CT molecular complexity index is 865. The molecule has 0 aliphatic heterocycles. The molecule has 3 heteroatoms. The largest absolute Gasteiger partial charge is 0.292 e. The first-order valence-corrected chi connectivity index (χ1v) is 7.39. The minimum absolute atomic E-state index is 0.0631. The topological polar surface area (TPSA) is 34.9 Å². The van der Waals surface area contributed by atoms with Crippen molar-refractivity contribution >= 4 is 5.78 Å². The highest BCUT2D eigenvalue weighted by atomic mass is 16.1. The Balaban J connectivity index is 1.69. The van der Waals surface area contributed by atoms with Gasteiger partial charge in [-0.05, 0) is 35.9 Å². The van der Waals surface area contributed by atoms with E-state index in [1.165, 1.54) is 0 Å². The fourth-order valence-electron chi connectivity index (χ4n) is 2.30. The van der Waals surface area contributed by atoms with E-state index in [0.717, 1.165) is 16.7 Å². The molecule has 0 spiro atoms. The number of carbonyl (C=O) groups excluding carboxylic acids is 1. The van der Waals surface area contributed by atoms with Crippen molar-refractivity contribution in [1.29, 1.82) is 0 Å². The average Bonchev–Trinajstić information content (AvgIpc) is 3.01. The third kappa shape index (κ3) is 3.75. The zero-order chi connectivity index (χ0) is 16.1. The van der Waals surface area contributed by atoms with Crippen LogP contribution >= 0.6 is 0 Å². The van der Waals surface area contributed by atoms with Crippen molar-refractivity contribution < 1.29 is 4.79 Å². The number of benzene rings is 2. The van der Waals surface area contributed by atoms with Gasteiger partial charge in [0.15, 0.2) is 5.78 Å². The Kier molecular flexibility index (Phi) is 4.35. The van der Waals surface area contributed by atoms with Crippen molar-refractivity contribution in [2.24, 2.45) is 7.05 Å². The van der Waals surface area contributed by atoms with Crippen LogP contribution in [0.4, 0.5) is 0 Å². The normalized spacial score (nSPS) is 9.96. The first-order chi connectivity index (χ1) is 11.2. The molecule has 3 aromatic rings. The summed E-state index contributed by atoms with van der Waals surface area (Å²) in [7, 11) is 1.77. The van der Waals surface area contributed by atoms with E-state index in [-0.39, 0.29) is 5.78 Å². The van der Waals surface area contributed by atoms with Gasteiger partial charge in [-0.2, -0.15) is 5.10 Å². The monoisotopic (exact) mass is 300 g/mol. The molecule has 0 amide bonds. The zero-order valence-corrected chi connectivity index (χ0v) is 12.9. The summed E-state index contributed by atoms with van der Waals surface area (Å²) in [6, 6.07) is 19.4. The summed E-state index contributed by atoms with van der Waals surface area (Å²) in [5.41, 5.74) is 3.52. The van der Waals surface area contributed by atoms with Crippen LogP contribution in [0.25, 0.3) is 0 Å². The molecule has 2 aromatic carbocycles. The standard InChI is InChI=1S/C20H16N2O/c1-22-19(13-14-21-22)20(23)15-18-11-9-17(10-12-18)8-7-16-5-3-2-4-6-16/h2-6,9-14H,15H2,1H3. The van der Waals surface area contributed by atoms with Gasteiger partial charge in [0.05, 0.1) is 0 Å². The fraction of sp³-hybridized carbons (Fsp3) is 0.100. The van der Waals surface area contributed by atoms with Crippen molar-refractivity contribution in [3.63, 3.8) is 0 Å². The molecule has 0 bridgehead atoms. The number of carbonyl (C=O) groups is 1. The molecule has 23 heavy (non-hydrogen) atoms. The number of nitrogens with zero attached hydrogens (tertiary/aromatic N) is 2. The number of aryl methyl sites for hydroxylation is 1. The molecule has 1 aromatic heterocycles. The highest BCUT2D eigenvalue weighted by molar-refractivity contribution is 5.95. The molecule has 1 heterocycles. The molecule has 0 N–H and O–H groups in total. The van der Waals surface area contributed by atoms with Gasteiger partial charge in [0.1, 0.15) is 5.69 Å². The fourth-order valence-corrected chi connectivity index (χ4v) is 2.30. The lowest BCUT2D eigenvalue weighted by molar-refractivity contribution is 0.0984. The van der Waals surface area contributed by atoms with Crippen molar-refractivity contribution in [3.05, 3.63) is 89.2 Å². The Hall–Kier alpha value is -3.12. The summed E-state index contributed by atoms with van der Waals surface area (Å²) in [6.07, 6.45) is 2.00. The minimum atomic E-state index is 0.0631. The van der Waals surface area contributed by atoms with Gasteiger partial charge in [-0.1, -0.05) is 42.2 Å². The number of rotatable bonds is 3. The Morgan fingerprint density at radius 3 is 2.22 bits per heavy atom. The van der Waals surface area contributed by atoms with Gasteiger partial charge < -0.3 is 0 Å². The van der Waals surface area contributed by atoms with E-state index < -0.39 is 0 Å². The zero-order valence-electron chi connectivity index (χ0n) is 12.9. The highest BCUT2D eigenvalue weighted by Crippen LogP contribution is 2.09. The third-order valence-electron chi connectivity index (χ3n) is 3.55.